The minimum absolute atomic E-state index is 0.171. The number of halogens is 1. The van der Waals surface area contributed by atoms with E-state index >= 15 is 0 Å². The number of carbonyl (C=O) groups excluding carboxylic acids is 1. The Balaban J connectivity index is 2.31. The molecule has 21 heavy (non-hydrogen) atoms. The molecule has 2 aromatic rings. The van der Waals surface area contributed by atoms with E-state index in [1.165, 1.54) is 11.0 Å². The molecule has 0 aromatic heterocycles. The van der Waals surface area contributed by atoms with E-state index in [2.05, 4.69) is 0 Å². The predicted molar refractivity (Wildman–Crippen MR) is 82.5 cm³/mol. The molecule has 0 aliphatic rings. The molecule has 1 unspecified atom stereocenters. The van der Waals surface area contributed by atoms with Crippen LogP contribution in [0, 0.1) is 12.7 Å². The predicted octanol–water partition coefficient (Wildman–Crippen LogP) is 3.55. The maximum absolute atomic E-state index is 13.9. The van der Waals surface area contributed by atoms with Gasteiger partial charge in [0.15, 0.2) is 0 Å². The van der Waals surface area contributed by atoms with Gasteiger partial charge in [0.05, 0.1) is 6.04 Å². The van der Waals surface area contributed by atoms with Crippen molar-refractivity contribution in [3.8, 4) is 0 Å². The molecule has 0 aliphatic heterocycles. The molecule has 0 saturated heterocycles. The fourth-order valence-corrected chi connectivity index (χ4v) is 2.26. The first-order valence-corrected chi connectivity index (χ1v) is 6.79. The summed E-state index contributed by atoms with van der Waals surface area (Å²) in [5.41, 5.74) is 8.17. The molecule has 4 heteroatoms. The fourth-order valence-electron chi connectivity index (χ4n) is 2.26. The Morgan fingerprint density at radius 3 is 2.57 bits per heavy atom. The molecule has 0 radical (unpaired) electrons. The normalized spacial score (nSPS) is 12.0. The Morgan fingerprint density at radius 1 is 1.24 bits per heavy atom. The van der Waals surface area contributed by atoms with Crippen molar-refractivity contribution in [1.82, 2.24) is 4.90 Å². The molecule has 0 aliphatic carbocycles. The number of nitrogen functional groups attached to an aromatic ring is 1. The van der Waals surface area contributed by atoms with Gasteiger partial charge in [0.25, 0.3) is 5.91 Å². The summed E-state index contributed by atoms with van der Waals surface area (Å²) < 4.78 is 13.9. The van der Waals surface area contributed by atoms with Crippen molar-refractivity contribution in [3.05, 3.63) is 65.0 Å². The molecule has 1 atom stereocenters. The van der Waals surface area contributed by atoms with Crippen molar-refractivity contribution < 1.29 is 9.18 Å². The highest BCUT2D eigenvalue weighted by Crippen LogP contribution is 2.24. The van der Waals surface area contributed by atoms with Crippen LogP contribution in [0.3, 0.4) is 0 Å². The molecule has 3 nitrogen and oxygen atoms in total. The largest absolute Gasteiger partial charge is 0.399 e. The number of rotatable bonds is 3. The van der Waals surface area contributed by atoms with Crippen LogP contribution in [-0.2, 0) is 0 Å². The van der Waals surface area contributed by atoms with Gasteiger partial charge in [-0.1, -0.05) is 24.3 Å². The summed E-state index contributed by atoms with van der Waals surface area (Å²) in [6.07, 6.45) is 0. The second-order valence-electron chi connectivity index (χ2n) is 5.19. The monoisotopic (exact) mass is 286 g/mol. The Hall–Kier alpha value is -2.36. The van der Waals surface area contributed by atoms with E-state index < -0.39 is 0 Å². The van der Waals surface area contributed by atoms with Crippen molar-refractivity contribution in [2.24, 2.45) is 0 Å². The Labute approximate surface area is 124 Å². The van der Waals surface area contributed by atoms with Crippen molar-refractivity contribution >= 4 is 11.6 Å². The van der Waals surface area contributed by atoms with E-state index in [0.717, 1.165) is 5.56 Å². The van der Waals surface area contributed by atoms with E-state index in [9.17, 15) is 9.18 Å². The Bertz CT molecular complexity index is 670. The smallest absolute Gasteiger partial charge is 0.254 e. The number of hydrogen-bond acceptors (Lipinski definition) is 2. The zero-order valence-corrected chi connectivity index (χ0v) is 12.4. The first-order valence-electron chi connectivity index (χ1n) is 6.79. The van der Waals surface area contributed by atoms with Gasteiger partial charge in [0, 0.05) is 23.9 Å². The van der Waals surface area contributed by atoms with Crippen molar-refractivity contribution in [2.45, 2.75) is 19.9 Å². The molecule has 0 heterocycles. The fraction of sp³-hybridized carbons (Fsp3) is 0.235. The van der Waals surface area contributed by atoms with E-state index in [1.54, 1.807) is 44.3 Å². The zero-order chi connectivity index (χ0) is 15.6. The highest BCUT2D eigenvalue weighted by atomic mass is 19.1. The van der Waals surface area contributed by atoms with Crippen LogP contribution < -0.4 is 5.73 Å². The van der Waals surface area contributed by atoms with Gasteiger partial charge < -0.3 is 10.6 Å². The molecule has 1 amide bonds. The third-order valence-electron chi connectivity index (χ3n) is 3.75. The molecule has 2 aromatic carbocycles. The van der Waals surface area contributed by atoms with Crippen LogP contribution >= 0.6 is 0 Å². The molecule has 0 spiro atoms. The number of nitrogens with two attached hydrogens (primary N) is 1. The summed E-state index contributed by atoms with van der Waals surface area (Å²) in [6.45, 7) is 3.66. The van der Waals surface area contributed by atoms with Gasteiger partial charge in [-0.2, -0.15) is 0 Å². The number of nitrogens with zero attached hydrogens (tertiary/aromatic N) is 1. The molecular formula is C17H19FN2O. The van der Waals surface area contributed by atoms with E-state index in [0.29, 0.717) is 16.8 Å². The maximum Gasteiger partial charge on any atom is 0.254 e. The lowest BCUT2D eigenvalue weighted by Crippen LogP contribution is -2.30. The van der Waals surface area contributed by atoms with Crippen LogP contribution in [0.4, 0.5) is 10.1 Å². The van der Waals surface area contributed by atoms with Crippen LogP contribution in [0.5, 0.6) is 0 Å². The lowest BCUT2D eigenvalue weighted by Gasteiger charge is -2.26. The van der Waals surface area contributed by atoms with Gasteiger partial charge in [-0.15, -0.1) is 0 Å². The second-order valence-corrected chi connectivity index (χ2v) is 5.19. The number of carbonyl (C=O) groups is 1. The molecule has 2 N–H and O–H groups in total. The summed E-state index contributed by atoms with van der Waals surface area (Å²) in [6, 6.07) is 11.3. The lowest BCUT2D eigenvalue weighted by molar-refractivity contribution is 0.0740. The molecule has 110 valence electrons. The van der Waals surface area contributed by atoms with Crippen LogP contribution in [0.15, 0.2) is 42.5 Å². The van der Waals surface area contributed by atoms with E-state index in [1.807, 2.05) is 13.0 Å². The van der Waals surface area contributed by atoms with Crippen LogP contribution in [0.2, 0.25) is 0 Å². The number of aryl methyl sites for hydroxylation is 1. The highest BCUT2D eigenvalue weighted by molar-refractivity contribution is 5.96. The molecule has 2 rings (SSSR count). The van der Waals surface area contributed by atoms with Crippen molar-refractivity contribution in [3.63, 3.8) is 0 Å². The lowest BCUT2D eigenvalue weighted by atomic mass is 10.0. The number of amides is 1. The highest BCUT2D eigenvalue weighted by Gasteiger charge is 2.22. The topological polar surface area (TPSA) is 46.3 Å². The van der Waals surface area contributed by atoms with Gasteiger partial charge >= 0.3 is 0 Å². The van der Waals surface area contributed by atoms with Gasteiger partial charge in [-0.3, -0.25) is 4.79 Å². The first-order chi connectivity index (χ1) is 9.91. The van der Waals surface area contributed by atoms with Crippen LogP contribution in [0.25, 0.3) is 0 Å². The average molecular weight is 286 g/mol. The maximum atomic E-state index is 13.9. The SMILES string of the molecule is Cc1ccc(N)cc1C(=O)N(C)C(C)c1ccccc1F. The minimum Gasteiger partial charge on any atom is -0.399 e. The van der Waals surface area contributed by atoms with Gasteiger partial charge in [-0.25, -0.2) is 4.39 Å². The summed E-state index contributed by atoms with van der Waals surface area (Å²) in [5, 5.41) is 0. The van der Waals surface area contributed by atoms with Gasteiger partial charge in [0.1, 0.15) is 5.82 Å². The second kappa shape index (κ2) is 5.95. The molecule has 0 bridgehead atoms. The third-order valence-corrected chi connectivity index (χ3v) is 3.75. The summed E-state index contributed by atoms with van der Waals surface area (Å²) in [4.78, 5) is 14.1. The number of anilines is 1. The quantitative estimate of drug-likeness (QED) is 0.877. The van der Waals surface area contributed by atoms with Gasteiger partial charge in [-0.05, 0) is 37.6 Å². The van der Waals surface area contributed by atoms with Crippen LogP contribution in [-0.4, -0.2) is 17.9 Å². The molecule has 0 saturated carbocycles. The van der Waals surface area contributed by atoms with Crippen LogP contribution in [0.1, 0.15) is 34.5 Å². The number of benzene rings is 2. The standard InChI is InChI=1S/C17H19FN2O/c1-11-8-9-13(19)10-15(11)17(21)20(3)12(2)14-6-4-5-7-16(14)18/h4-10,12H,19H2,1-3H3. The summed E-state index contributed by atoms with van der Waals surface area (Å²) in [7, 11) is 1.67. The van der Waals surface area contributed by atoms with E-state index in [4.69, 9.17) is 5.73 Å². The summed E-state index contributed by atoms with van der Waals surface area (Å²) >= 11 is 0. The molecule has 0 fully saturated rings. The zero-order valence-electron chi connectivity index (χ0n) is 12.4. The van der Waals surface area contributed by atoms with Crippen molar-refractivity contribution in [1.29, 1.82) is 0 Å². The van der Waals surface area contributed by atoms with Crippen molar-refractivity contribution in [2.75, 3.05) is 12.8 Å². The Morgan fingerprint density at radius 2 is 1.90 bits per heavy atom. The summed E-state index contributed by atoms with van der Waals surface area (Å²) in [5.74, 6) is -0.482. The average Bonchev–Trinajstić information content (AvgIpc) is 2.48. The van der Waals surface area contributed by atoms with Gasteiger partial charge in [0.2, 0.25) is 0 Å². The first kappa shape index (κ1) is 15.0. The van der Waals surface area contributed by atoms with E-state index in [-0.39, 0.29) is 17.8 Å². The minimum atomic E-state index is -0.362. The molecular weight excluding hydrogens is 267 g/mol. The number of hydrogen-bond donors (Lipinski definition) is 1. The Kier molecular flexibility index (Phi) is 4.26. The third kappa shape index (κ3) is 3.05.